The van der Waals surface area contributed by atoms with Crippen LogP contribution in [0.5, 0.6) is 11.5 Å². The Morgan fingerprint density at radius 1 is 1.35 bits per heavy atom. The van der Waals surface area contributed by atoms with Crippen molar-refractivity contribution in [3.63, 3.8) is 0 Å². The van der Waals surface area contributed by atoms with Crippen LogP contribution in [0.1, 0.15) is 24.4 Å². The number of hydrogen-bond donors (Lipinski definition) is 1. The number of halogens is 1. The normalized spacial score (nSPS) is 25.8. The summed E-state index contributed by atoms with van der Waals surface area (Å²) < 4.78 is 12.1. The van der Waals surface area contributed by atoms with E-state index in [4.69, 9.17) is 15.2 Å². The van der Waals surface area contributed by atoms with E-state index >= 15 is 0 Å². The van der Waals surface area contributed by atoms with Gasteiger partial charge in [0.1, 0.15) is 13.2 Å². The van der Waals surface area contributed by atoms with E-state index in [1.165, 1.54) is 0 Å². The number of benzene rings is 1. The van der Waals surface area contributed by atoms with Crippen molar-refractivity contribution in [2.75, 3.05) is 20.3 Å². The highest BCUT2D eigenvalue weighted by Gasteiger charge is 2.33. The molecule has 2 aliphatic rings. The number of likely N-dealkylation sites (tertiary alicyclic amines) is 1. The Balaban J connectivity index is 2.00. The van der Waals surface area contributed by atoms with Crippen molar-refractivity contribution < 1.29 is 14.3 Å². The van der Waals surface area contributed by atoms with Gasteiger partial charge in [-0.05, 0) is 40.0 Å². The second kappa shape index (κ2) is 5.26. The van der Waals surface area contributed by atoms with Crippen LogP contribution in [0.25, 0.3) is 0 Å². The zero-order valence-electron chi connectivity index (χ0n) is 11.3. The molecule has 3 rings (SSSR count). The lowest BCUT2D eigenvalue weighted by Crippen LogP contribution is -2.46. The molecule has 0 radical (unpaired) electrons. The Kier molecular flexibility index (Phi) is 3.60. The van der Waals surface area contributed by atoms with Crippen LogP contribution in [-0.2, 0) is 4.79 Å². The summed E-state index contributed by atoms with van der Waals surface area (Å²) in [5.74, 6) is 1.56. The van der Waals surface area contributed by atoms with Crippen LogP contribution in [0.2, 0.25) is 0 Å². The maximum Gasteiger partial charge on any atom is 0.222 e. The van der Waals surface area contributed by atoms with Crippen LogP contribution in [0.3, 0.4) is 0 Å². The number of likely N-dealkylation sites (N-methyl/N-ethyl adjacent to an activating group) is 1. The molecule has 1 saturated heterocycles. The van der Waals surface area contributed by atoms with Crippen molar-refractivity contribution in [3.05, 3.63) is 22.2 Å². The van der Waals surface area contributed by atoms with E-state index < -0.39 is 0 Å². The predicted octanol–water partition coefficient (Wildman–Crippen LogP) is 1.84. The summed E-state index contributed by atoms with van der Waals surface area (Å²) in [5.41, 5.74) is 7.18. The molecular formula is C14H17BrN2O3. The highest BCUT2D eigenvalue weighted by atomic mass is 79.9. The van der Waals surface area contributed by atoms with Gasteiger partial charge < -0.3 is 20.1 Å². The van der Waals surface area contributed by atoms with Gasteiger partial charge in [0.15, 0.2) is 11.5 Å². The minimum absolute atomic E-state index is 0.0628. The molecule has 1 amide bonds. The molecule has 1 aromatic rings. The molecule has 2 aliphatic heterocycles. The maximum absolute atomic E-state index is 11.9. The summed E-state index contributed by atoms with van der Waals surface area (Å²) in [4.78, 5) is 13.6. The molecule has 1 aromatic carbocycles. The number of ether oxygens (including phenoxy) is 2. The van der Waals surface area contributed by atoms with E-state index in [-0.39, 0.29) is 18.0 Å². The third-order valence-electron chi connectivity index (χ3n) is 3.87. The Labute approximate surface area is 126 Å². The number of piperidine rings is 1. The van der Waals surface area contributed by atoms with Gasteiger partial charge in [0.25, 0.3) is 0 Å². The van der Waals surface area contributed by atoms with E-state index in [2.05, 4.69) is 15.9 Å². The fourth-order valence-corrected chi connectivity index (χ4v) is 3.41. The van der Waals surface area contributed by atoms with Crippen molar-refractivity contribution >= 4 is 21.8 Å². The van der Waals surface area contributed by atoms with Crippen LogP contribution < -0.4 is 15.2 Å². The highest BCUT2D eigenvalue weighted by molar-refractivity contribution is 9.10. The second-order valence-electron chi connectivity index (χ2n) is 5.18. The first-order valence-corrected chi connectivity index (χ1v) is 7.47. The summed E-state index contributed by atoms with van der Waals surface area (Å²) in [6.07, 6.45) is 1.22. The fourth-order valence-electron chi connectivity index (χ4n) is 2.84. The number of fused-ring (bicyclic) bond motifs is 1. The molecular weight excluding hydrogens is 324 g/mol. The smallest absolute Gasteiger partial charge is 0.222 e. The lowest BCUT2D eigenvalue weighted by molar-refractivity contribution is -0.135. The molecule has 2 heterocycles. The summed E-state index contributed by atoms with van der Waals surface area (Å²) in [7, 11) is 1.80. The van der Waals surface area contributed by atoms with Gasteiger partial charge in [-0.15, -0.1) is 0 Å². The molecule has 108 valence electrons. The third-order valence-corrected chi connectivity index (χ3v) is 4.46. The molecule has 0 aliphatic carbocycles. The Bertz CT molecular complexity index is 549. The standard InChI is InChI=1S/C14H17BrN2O3/c1-17-12(18)3-2-10(16)13(17)8-6-9(15)14-11(7-8)19-4-5-20-14/h6-7,10,13H,2-5,16H2,1H3. The molecule has 0 saturated carbocycles. The number of carbonyl (C=O) groups excluding carboxylic acids is 1. The molecule has 20 heavy (non-hydrogen) atoms. The molecule has 6 heteroatoms. The average molecular weight is 341 g/mol. The van der Waals surface area contributed by atoms with Gasteiger partial charge in [-0.2, -0.15) is 0 Å². The number of carbonyl (C=O) groups is 1. The van der Waals surface area contributed by atoms with Gasteiger partial charge in [-0.25, -0.2) is 0 Å². The molecule has 1 fully saturated rings. The van der Waals surface area contributed by atoms with E-state index in [0.717, 1.165) is 15.8 Å². The van der Waals surface area contributed by atoms with Crippen LogP contribution in [-0.4, -0.2) is 37.1 Å². The van der Waals surface area contributed by atoms with Gasteiger partial charge in [0, 0.05) is 19.5 Å². The second-order valence-corrected chi connectivity index (χ2v) is 6.03. The lowest BCUT2D eigenvalue weighted by atomic mass is 9.91. The Morgan fingerprint density at radius 2 is 2.10 bits per heavy atom. The zero-order valence-corrected chi connectivity index (χ0v) is 12.9. The van der Waals surface area contributed by atoms with Crippen molar-refractivity contribution in [1.82, 2.24) is 4.90 Å². The van der Waals surface area contributed by atoms with Gasteiger partial charge in [-0.1, -0.05) is 0 Å². The number of nitrogens with two attached hydrogens (primary N) is 1. The third kappa shape index (κ3) is 2.27. The van der Waals surface area contributed by atoms with Crippen LogP contribution in [0.15, 0.2) is 16.6 Å². The van der Waals surface area contributed by atoms with Crippen molar-refractivity contribution in [3.8, 4) is 11.5 Å². The first-order chi connectivity index (χ1) is 9.58. The summed E-state index contributed by atoms with van der Waals surface area (Å²) in [6.45, 7) is 1.08. The van der Waals surface area contributed by atoms with Crippen molar-refractivity contribution in [1.29, 1.82) is 0 Å². The van der Waals surface area contributed by atoms with Crippen LogP contribution >= 0.6 is 15.9 Å². The van der Waals surface area contributed by atoms with Crippen LogP contribution in [0.4, 0.5) is 0 Å². The van der Waals surface area contributed by atoms with Crippen molar-refractivity contribution in [2.45, 2.75) is 24.9 Å². The van der Waals surface area contributed by atoms with Crippen molar-refractivity contribution in [2.24, 2.45) is 5.73 Å². The zero-order chi connectivity index (χ0) is 14.3. The molecule has 0 aromatic heterocycles. The average Bonchev–Trinajstić information content (AvgIpc) is 2.44. The Hall–Kier alpha value is -1.27. The van der Waals surface area contributed by atoms with E-state index in [9.17, 15) is 4.79 Å². The SMILES string of the molecule is CN1C(=O)CCC(N)C1c1cc(Br)c2c(c1)OCCO2. The van der Waals surface area contributed by atoms with Gasteiger partial charge in [0.2, 0.25) is 5.91 Å². The number of hydrogen-bond acceptors (Lipinski definition) is 4. The monoisotopic (exact) mass is 340 g/mol. The summed E-state index contributed by atoms with van der Waals surface area (Å²) >= 11 is 3.51. The van der Waals surface area contributed by atoms with Gasteiger partial charge in [0.05, 0.1) is 10.5 Å². The lowest BCUT2D eigenvalue weighted by Gasteiger charge is -2.38. The first kappa shape index (κ1) is 13.7. The quantitative estimate of drug-likeness (QED) is 0.847. The fraction of sp³-hybridized carbons (Fsp3) is 0.500. The topological polar surface area (TPSA) is 64.8 Å². The largest absolute Gasteiger partial charge is 0.486 e. The number of amides is 1. The van der Waals surface area contributed by atoms with Gasteiger partial charge >= 0.3 is 0 Å². The van der Waals surface area contributed by atoms with Gasteiger partial charge in [-0.3, -0.25) is 4.79 Å². The molecule has 2 atom stereocenters. The predicted molar refractivity (Wildman–Crippen MR) is 77.9 cm³/mol. The highest BCUT2D eigenvalue weighted by Crippen LogP contribution is 2.42. The van der Waals surface area contributed by atoms with Crippen LogP contribution in [0, 0.1) is 0 Å². The first-order valence-electron chi connectivity index (χ1n) is 6.68. The number of nitrogens with zero attached hydrogens (tertiary/aromatic N) is 1. The van der Waals surface area contributed by atoms with E-state index in [0.29, 0.717) is 31.8 Å². The molecule has 0 spiro atoms. The summed E-state index contributed by atoms with van der Waals surface area (Å²) in [5, 5.41) is 0. The maximum atomic E-state index is 11.9. The van der Waals surface area contributed by atoms with E-state index in [1.807, 2.05) is 12.1 Å². The molecule has 2 N–H and O–H groups in total. The Morgan fingerprint density at radius 3 is 2.90 bits per heavy atom. The van der Waals surface area contributed by atoms with E-state index in [1.54, 1.807) is 11.9 Å². The minimum Gasteiger partial charge on any atom is -0.486 e. The number of rotatable bonds is 1. The molecule has 2 unspecified atom stereocenters. The molecule has 0 bridgehead atoms. The molecule has 5 nitrogen and oxygen atoms in total. The summed E-state index contributed by atoms with van der Waals surface area (Å²) in [6, 6.07) is 3.71. The minimum atomic E-state index is -0.122.